The molecular weight excluding hydrogens is 675 g/mol. The van der Waals surface area contributed by atoms with Crippen LogP contribution in [0.3, 0.4) is 0 Å². The first-order valence-electron chi connectivity index (χ1n) is 18.3. The summed E-state index contributed by atoms with van der Waals surface area (Å²) in [6.07, 6.45) is 0. The third-order valence-electron chi connectivity index (χ3n) is 10.3. The first-order valence-corrected chi connectivity index (χ1v) is 18.3. The van der Waals surface area contributed by atoms with Gasteiger partial charge >= 0.3 is 0 Å². The van der Waals surface area contributed by atoms with Crippen LogP contribution in [0.1, 0.15) is 0 Å². The van der Waals surface area contributed by atoms with Crippen molar-refractivity contribution < 1.29 is 0 Å². The van der Waals surface area contributed by atoms with E-state index in [1.54, 1.807) is 0 Å². The standard InChI is InChI=1S/C48H31N7/c1-4-16-32(17-5-1)44-49-45(33-18-6-2-7-19-33)51-46(50-44)36-22-14-20-34(30-36)35-21-15-25-38(31-35)54-41-28-12-13-29-42(41)55-43-39-26-10-11-27-40(39)53(47(43)52-48(54)55)37-23-8-3-9-24-37/h1-31H. The zero-order chi connectivity index (χ0) is 36.3. The highest BCUT2D eigenvalue weighted by molar-refractivity contribution is 6.09. The van der Waals surface area contributed by atoms with Crippen molar-refractivity contribution in [3.8, 4) is 56.7 Å². The zero-order valence-corrected chi connectivity index (χ0v) is 29.5. The Morgan fingerprint density at radius 3 is 1.51 bits per heavy atom. The Balaban J connectivity index is 1.07. The number of nitrogens with zero attached hydrogens (tertiary/aromatic N) is 7. The van der Waals surface area contributed by atoms with E-state index >= 15 is 0 Å². The van der Waals surface area contributed by atoms with Gasteiger partial charge in [-0.1, -0.05) is 140 Å². The molecule has 4 aromatic heterocycles. The third kappa shape index (κ3) is 5.05. The Bertz CT molecular complexity index is 3140. The van der Waals surface area contributed by atoms with Crippen LogP contribution in [0.15, 0.2) is 188 Å². The molecule has 7 nitrogen and oxygen atoms in total. The minimum atomic E-state index is 0.624. The number of hydrogen-bond donors (Lipinski definition) is 0. The van der Waals surface area contributed by atoms with Crippen LogP contribution in [0.25, 0.3) is 95.5 Å². The van der Waals surface area contributed by atoms with Gasteiger partial charge in [-0.25, -0.2) is 15.0 Å². The molecule has 0 bridgehead atoms. The highest BCUT2D eigenvalue weighted by atomic mass is 15.2. The van der Waals surface area contributed by atoms with Crippen LogP contribution in [0.2, 0.25) is 0 Å². The van der Waals surface area contributed by atoms with Crippen LogP contribution in [0.4, 0.5) is 0 Å². The molecule has 4 heterocycles. The Morgan fingerprint density at radius 1 is 0.327 bits per heavy atom. The van der Waals surface area contributed by atoms with Crippen molar-refractivity contribution in [3.05, 3.63) is 188 Å². The number of fused-ring (bicyclic) bond motifs is 7. The molecule has 0 N–H and O–H groups in total. The summed E-state index contributed by atoms with van der Waals surface area (Å²) < 4.78 is 6.86. The largest absolute Gasteiger partial charge is 0.292 e. The lowest BCUT2D eigenvalue weighted by Gasteiger charge is -2.11. The van der Waals surface area contributed by atoms with E-state index in [4.69, 9.17) is 19.9 Å². The second kappa shape index (κ2) is 12.5. The molecule has 0 unspecified atom stereocenters. The molecule has 258 valence electrons. The third-order valence-corrected chi connectivity index (χ3v) is 10.3. The maximum Gasteiger partial charge on any atom is 0.222 e. The van der Waals surface area contributed by atoms with E-state index in [1.807, 2.05) is 66.7 Å². The smallest absolute Gasteiger partial charge is 0.222 e. The number of benzene rings is 7. The van der Waals surface area contributed by atoms with Crippen LogP contribution >= 0.6 is 0 Å². The number of rotatable bonds is 6. The summed E-state index contributed by atoms with van der Waals surface area (Å²) in [6, 6.07) is 64.9. The molecule has 0 spiro atoms. The first-order chi connectivity index (χ1) is 27.3. The Morgan fingerprint density at radius 2 is 0.818 bits per heavy atom. The van der Waals surface area contributed by atoms with Crippen LogP contribution < -0.4 is 0 Å². The van der Waals surface area contributed by atoms with Gasteiger partial charge in [-0.15, -0.1) is 0 Å². The van der Waals surface area contributed by atoms with Gasteiger partial charge in [-0.2, -0.15) is 4.98 Å². The molecule has 11 rings (SSSR count). The molecule has 0 saturated carbocycles. The van der Waals surface area contributed by atoms with Gasteiger partial charge in [0.05, 0.1) is 16.6 Å². The topological polar surface area (TPSA) is 65.8 Å². The lowest BCUT2D eigenvalue weighted by Crippen LogP contribution is -2.00. The highest BCUT2D eigenvalue weighted by Crippen LogP contribution is 2.37. The Hall–Kier alpha value is -7.64. The van der Waals surface area contributed by atoms with Crippen molar-refractivity contribution in [2.24, 2.45) is 0 Å². The van der Waals surface area contributed by atoms with E-state index in [1.165, 1.54) is 0 Å². The molecule has 11 aromatic rings. The van der Waals surface area contributed by atoms with Crippen molar-refractivity contribution in [1.29, 1.82) is 0 Å². The van der Waals surface area contributed by atoms with Crippen molar-refractivity contribution in [3.63, 3.8) is 0 Å². The van der Waals surface area contributed by atoms with E-state index in [2.05, 4.69) is 135 Å². The van der Waals surface area contributed by atoms with Crippen LogP contribution in [-0.2, 0) is 0 Å². The molecule has 55 heavy (non-hydrogen) atoms. The Kier molecular flexibility index (Phi) is 7.03. The summed E-state index contributed by atoms with van der Waals surface area (Å²) >= 11 is 0. The average molecular weight is 706 g/mol. The van der Waals surface area contributed by atoms with E-state index in [0.29, 0.717) is 17.5 Å². The monoisotopic (exact) mass is 705 g/mol. The second-order valence-electron chi connectivity index (χ2n) is 13.6. The summed E-state index contributed by atoms with van der Waals surface area (Å²) in [5, 5.41) is 1.16. The van der Waals surface area contributed by atoms with Crippen molar-refractivity contribution >= 4 is 38.9 Å². The van der Waals surface area contributed by atoms with Gasteiger partial charge in [0, 0.05) is 33.5 Å². The van der Waals surface area contributed by atoms with Gasteiger partial charge in [-0.05, 0) is 59.7 Å². The molecule has 0 fully saturated rings. The molecule has 0 saturated heterocycles. The summed E-state index contributed by atoms with van der Waals surface area (Å²) in [5.41, 5.74) is 12.4. The minimum absolute atomic E-state index is 0.624. The molecular formula is C48H31N7. The van der Waals surface area contributed by atoms with E-state index in [0.717, 1.165) is 78.1 Å². The normalized spacial score (nSPS) is 11.6. The molecule has 0 aliphatic carbocycles. The van der Waals surface area contributed by atoms with Crippen molar-refractivity contribution in [2.45, 2.75) is 0 Å². The predicted molar refractivity (Wildman–Crippen MR) is 221 cm³/mol. The van der Waals surface area contributed by atoms with E-state index < -0.39 is 0 Å². The van der Waals surface area contributed by atoms with Gasteiger partial charge in [0.2, 0.25) is 5.78 Å². The van der Waals surface area contributed by atoms with Crippen molar-refractivity contribution in [2.75, 3.05) is 0 Å². The molecule has 0 aliphatic heterocycles. The summed E-state index contributed by atoms with van der Waals surface area (Å²) in [5.74, 6) is 2.76. The maximum absolute atomic E-state index is 5.43. The van der Waals surface area contributed by atoms with E-state index in [-0.39, 0.29) is 0 Å². The fraction of sp³-hybridized carbons (Fsp3) is 0. The maximum atomic E-state index is 5.43. The lowest BCUT2D eigenvalue weighted by atomic mass is 10.0. The fourth-order valence-corrected chi connectivity index (χ4v) is 7.80. The van der Waals surface area contributed by atoms with Crippen LogP contribution in [0, 0.1) is 0 Å². The molecule has 0 amide bonds. The molecule has 7 aromatic carbocycles. The molecule has 0 radical (unpaired) electrons. The molecule has 0 aliphatic rings. The van der Waals surface area contributed by atoms with Gasteiger partial charge < -0.3 is 0 Å². The van der Waals surface area contributed by atoms with Gasteiger partial charge in [0.15, 0.2) is 23.1 Å². The predicted octanol–water partition coefficient (Wildman–Crippen LogP) is 11.2. The summed E-state index contributed by atoms with van der Waals surface area (Å²) in [4.78, 5) is 20.3. The number of hydrogen-bond acceptors (Lipinski definition) is 4. The number of aromatic nitrogens is 7. The average Bonchev–Trinajstić information content (AvgIpc) is 3.90. The minimum Gasteiger partial charge on any atom is -0.292 e. The SMILES string of the molecule is c1ccc(-c2nc(-c3ccccc3)nc(-c3cccc(-c4cccc(-n5c6ccccc6n6c7c8ccccc8n(-c8ccccc8)c7nc56)c4)c3)n2)cc1. The van der Waals surface area contributed by atoms with E-state index in [9.17, 15) is 0 Å². The zero-order valence-electron chi connectivity index (χ0n) is 29.5. The second-order valence-corrected chi connectivity index (χ2v) is 13.6. The van der Waals surface area contributed by atoms with Gasteiger partial charge in [-0.3, -0.25) is 13.5 Å². The lowest BCUT2D eigenvalue weighted by molar-refractivity contribution is 1.07. The van der Waals surface area contributed by atoms with Gasteiger partial charge in [0.25, 0.3) is 0 Å². The van der Waals surface area contributed by atoms with Crippen LogP contribution in [-0.4, -0.2) is 33.5 Å². The first kappa shape index (κ1) is 30.9. The van der Waals surface area contributed by atoms with Crippen LogP contribution in [0.5, 0.6) is 0 Å². The fourth-order valence-electron chi connectivity index (χ4n) is 7.80. The number of para-hydroxylation sites is 4. The summed E-state index contributed by atoms with van der Waals surface area (Å²) in [7, 11) is 0. The van der Waals surface area contributed by atoms with Gasteiger partial charge in [0.1, 0.15) is 5.52 Å². The quantitative estimate of drug-likeness (QED) is 0.173. The number of imidazole rings is 2. The molecule has 7 heteroatoms. The Labute approximate surface area is 316 Å². The summed E-state index contributed by atoms with van der Waals surface area (Å²) in [6.45, 7) is 0. The molecule has 0 atom stereocenters. The highest BCUT2D eigenvalue weighted by Gasteiger charge is 2.23. The van der Waals surface area contributed by atoms with Crippen molar-refractivity contribution in [1.82, 2.24) is 33.5 Å².